The zero-order valence-electron chi connectivity index (χ0n) is 18.4. The molecule has 0 amide bonds. The summed E-state index contributed by atoms with van der Waals surface area (Å²) in [6.07, 6.45) is 4.38. The molecule has 4 saturated carbocycles. The summed E-state index contributed by atoms with van der Waals surface area (Å²) in [5.74, 6) is -0.139. The molecule has 0 aromatic carbocycles. The van der Waals surface area contributed by atoms with Gasteiger partial charge in [0, 0.05) is 18.3 Å². The van der Waals surface area contributed by atoms with E-state index in [-0.39, 0.29) is 23.7 Å². The lowest BCUT2D eigenvalue weighted by Gasteiger charge is -2.61. The molecule has 5 aliphatic rings. The van der Waals surface area contributed by atoms with Crippen molar-refractivity contribution in [2.45, 2.75) is 82.6 Å². The second-order valence-corrected chi connectivity index (χ2v) is 12.6. The molecule has 5 fully saturated rings. The van der Waals surface area contributed by atoms with Crippen LogP contribution in [0, 0.1) is 34.5 Å². The van der Waals surface area contributed by atoms with Crippen LogP contribution < -0.4 is 0 Å². The number of hydrogen-bond acceptors (Lipinski definition) is 6. The summed E-state index contributed by atoms with van der Waals surface area (Å²) in [5.41, 5.74) is -6.30. The van der Waals surface area contributed by atoms with Gasteiger partial charge in [0.25, 0.3) is 0 Å². The predicted octanol–water partition coefficient (Wildman–Crippen LogP) is 4.19. The Balaban J connectivity index is 1.37. The molecule has 0 bridgehead atoms. The van der Waals surface area contributed by atoms with E-state index >= 15 is 0 Å². The van der Waals surface area contributed by atoms with E-state index in [1.807, 2.05) is 0 Å². The molecule has 4 aliphatic carbocycles. The van der Waals surface area contributed by atoms with Crippen LogP contribution in [0.3, 0.4) is 0 Å². The van der Waals surface area contributed by atoms with E-state index in [1.165, 1.54) is 0 Å². The largest absolute Gasteiger partial charge is 0.523 e. The Morgan fingerprint density at radius 2 is 1.69 bits per heavy atom. The Labute approximate surface area is 186 Å². The quantitative estimate of drug-likeness (QED) is 0.436. The van der Waals surface area contributed by atoms with Gasteiger partial charge in [0.15, 0.2) is 11.6 Å². The Kier molecular flexibility index (Phi) is 5.15. The molecule has 0 aromatic heterocycles. The zero-order chi connectivity index (χ0) is 23.2. The standard InChI is InChI=1S/C22H31F3O6S/c1-19-7-8-21(29-9-10-30-21)12-13(19)3-4-14-15(19)5-6-20(2)16(14)11-17(18(20)26)31-32(27,28)22(23,24)25/h13-17H,3-12H2,1-2H3/t13-,14?,15?,16?,17+,19-,20-/m0/s1. The number of ether oxygens (including phenoxy) is 2. The molecule has 0 N–H and O–H groups in total. The van der Waals surface area contributed by atoms with Gasteiger partial charge in [-0.05, 0) is 67.6 Å². The van der Waals surface area contributed by atoms with Crippen molar-refractivity contribution < 1.29 is 40.0 Å². The van der Waals surface area contributed by atoms with E-state index in [0.717, 1.165) is 38.5 Å². The van der Waals surface area contributed by atoms with E-state index in [9.17, 15) is 26.4 Å². The molecule has 6 nitrogen and oxygen atoms in total. The van der Waals surface area contributed by atoms with Crippen LogP contribution >= 0.6 is 0 Å². The van der Waals surface area contributed by atoms with Gasteiger partial charge in [-0.25, -0.2) is 0 Å². The molecular weight excluding hydrogens is 449 g/mol. The Morgan fingerprint density at radius 1 is 1.00 bits per heavy atom. The molecule has 0 radical (unpaired) electrons. The Bertz CT molecular complexity index is 898. The van der Waals surface area contributed by atoms with Crippen LogP contribution in [0.5, 0.6) is 0 Å². The molecular formula is C22H31F3O6S. The molecule has 1 aliphatic heterocycles. The fraction of sp³-hybridized carbons (Fsp3) is 0.955. The number of halogens is 3. The van der Waals surface area contributed by atoms with Gasteiger partial charge in [-0.2, -0.15) is 21.6 Å². The average Bonchev–Trinajstić information content (AvgIpc) is 3.25. The highest BCUT2D eigenvalue weighted by atomic mass is 32.2. The lowest BCUT2D eigenvalue weighted by Crippen LogP contribution is -2.56. The van der Waals surface area contributed by atoms with Crippen LogP contribution in [0.1, 0.15) is 65.2 Å². The maximum atomic E-state index is 13.1. The van der Waals surface area contributed by atoms with Gasteiger partial charge in [0.2, 0.25) is 0 Å². The second kappa shape index (κ2) is 7.15. The first-order valence-corrected chi connectivity index (χ1v) is 13.0. The van der Waals surface area contributed by atoms with Gasteiger partial charge in [-0.15, -0.1) is 0 Å². The molecule has 1 spiro atoms. The monoisotopic (exact) mass is 480 g/mol. The summed E-state index contributed by atoms with van der Waals surface area (Å²) in [4.78, 5) is 13.1. The zero-order valence-corrected chi connectivity index (χ0v) is 19.3. The van der Waals surface area contributed by atoms with Gasteiger partial charge in [0.05, 0.1) is 13.2 Å². The van der Waals surface area contributed by atoms with Gasteiger partial charge in [-0.3, -0.25) is 8.98 Å². The van der Waals surface area contributed by atoms with Crippen molar-refractivity contribution >= 4 is 15.9 Å². The molecule has 1 saturated heterocycles. The lowest BCUT2D eigenvalue weighted by molar-refractivity contribution is -0.228. The number of alkyl halides is 3. The number of rotatable bonds is 2. The third kappa shape index (κ3) is 3.22. The number of Topliss-reactive ketones (excluding diaryl/α,β-unsaturated/α-hetero) is 1. The molecule has 5 rings (SSSR count). The second-order valence-electron chi connectivity index (χ2n) is 11.0. The molecule has 182 valence electrons. The van der Waals surface area contributed by atoms with Gasteiger partial charge >= 0.3 is 15.6 Å². The highest BCUT2D eigenvalue weighted by molar-refractivity contribution is 7.87. The minimum Gasteiger partial charge on any atom is -0.348 e. The number of ketones is 1. The van der Waals surface area contributed by atoms with E-state index in [1.54, 1.807) is 6.92 Å². The summed E-state index contributed by atoms with van der Waals surface area (Å²) < 4.78 is 78.2. The fourth-order valence-electron chi connectivity index (χ4n) is 8.01. The highest BCUT2D eigenvalue weighted by Gasteiger charge is 2.65. The minimum atomic E-state index is -5.81. The molecule has 10 heteroatoms. The van der Waals surface area contributed by atoms with Crippen molar-refractivity contribution in [3.63, 3.8) is 0 Å². The van der Waals surface area contributed by atoms with Gasteiger partial charge < -0.3 is 9.47 Å². The average molecular weight is 481 g/mol. The fourth-order valence-corrected chi connectivity index (χ4v) is 8.59. The van der Waals surface area contributed by atoms with Crippen molar-refractivity contribution in [1.82, 2.24) is 0 Å². The SMILES string of the molecule is C[C@]12CCC3C(CC[C@H]4CC5(CC[C@]34C)OCCO5)C1C[C@@H](OS(=O)(=O)C(F)(F)F)C2=O. The topological polar surface area (TPSA) is 78.9 Å². The summed E-state index contributed by atoms with van der Waals surface area (Å²) in [7, 11) is -5.81. The van der Waals surface area contributed by atoms with Crippen molar-refractivity contribution in [2.75, 3.05) is 13.2 Å². The van der Waals surface area contributed by atoms with Gasteiger partial charge in [0.1, 0.15) is 6.10 Å². The van der Waals surface area contributed by atoms with Crippen molar-refractivity contribution in [3.8, 4) is 0 Å². The summed E-state index contributed by atoms with van der Waals surface area (Å²) in [5, 5.41) is 0. The first-order valence-electron chi connectivity index (χ1n) is 11.6. The van der Waals surface area contributed by atoms with Crippen LogP contribution in [-0.4, -0.2) is 44.8 Å². The smallest absolute Gasteiger partial charge is 0.348 e. The van der Waals surface area contributed by atoms with Crippen molar-refractivity contribution in [2.24, 2.45) is 34.5 Å². The molecule has 3 unspecified atom stereocenters. The Morgan fingerprint density at radius 3 is 2.34 bits per heavy atom. The van der Waals surface area contributed by atoms with E-state index < -0.39 is 38.7 Å². The minimum absolute atomic E-state index is 0.0444. The number of carbonyl (C=O) groups excluding carboxylic acids is 1. The predicted molar refractivity (Wildman–Crippen MR) is 107 cm³/mol. The summed E-state index contributed by atoms with van der Waals surface area (Å²) in [6.45, 7) is 5.36. The molecule has 32 heavy (non-hydrogen) atoms. The lowest BCUT2D eigenvalue weighted by atomic mass is 9.45. The van der Waals surface area contributed by atoms with Crippen LogP contribution in [0.2, 0.25) is 0 Å². The number of hydrogen-bond donors (Lipinski definition) is 0. The molecule has 1 heterocycles. The highest BCUT2D eigenvalue weighted by Crippen LogP contribution is 2.67. The third-order valence-corrected chi connectivity index (χ3v) is 10.8. The summed E-state index contributed by atoms with van der Waals surface area (Å²) >= 11 is 0. The summed E-state index contributed by atoms with van der Waals surface area (Å²) in [6, 6.07) is 0. The van der Waals surface area contributed by atoms with Crippen LogP contribution in [0.15, 0.2) is 0 Å². The first kappa shape index (κ1) is 23.1. The van der Waals surface area contributed by atoms with Gasteiger partial charge in [-0.1, -0.05) is 13.8 Å². The maximum Gasteiger partial charge on any atom is 0.523 e. The van der Waals surface area contributed by atoms with Crippen LogP contribution in [-0.2, 0) is 28.6 Å². The van der Waals surface area contributed by atoms with Crippen molar-refractivity contribution in [3.05, 3.63) is 0 Å². The molecule has 7 atom stereocenters. The normalized spacial score (nSPS) is 46.0. The Hall–Kier alpha value is -0.710. The first-order chi connectivity index (χ1) is 14.8. The third-order valence-electron chi connectivity index (χ3n) is 9.72. The number of fused-ring (bicyclic) bond motifs is 5. The maximum absolute atomic E-state index is 13.1. The molecule has 0 aromatic rings. The van der Waals surface area contributed by atoms with E-state index in [2.05, 4.69) is 11.1 Å². The van der Waals surface area contributed by atoms with Crippen LogP contribution in [0.25, 0.3) is 0 Å². The van der Waals surface area contributed by atoms with E-state index in [0.29, 0.717) is 31.5 Å². The van der Waals surface area contributed by atoms with E-state index in [4.69, 9.17) is 9.47 Å². The van der Waals surface area contributed by atoms with Crippen LogP contribution in [0.4, 0.5) is 13.2 Å². The van der Waals surface area contributed by atoms with Crippen molar-refractivity contribution in [1.29, 1.82) is 0 Å². The number of carbonyl (C=O) groups is 1.